The SMILES string of the molecule is COc1ccc(Br)cc1/C=N/NC(C)=O. The Labute approximate surface area is 96.4 Å². The molecule has 1 aromatic rings. The number of methoxy groups -OCH3 is 1. The number of carbonyl (C=O) groups excluding carboxylic acids is 1. The van der Waals surface area contributed by atoms with Crippen LogP contribution in [0.2, 0.25) is 0 Å². The largest absolute Gasteiger partial charge is 0.496 e. The Bertz CT molecular complexity index is 391. The molecule has 0 radical (unpaired) electrons. The maximum atomic E-state index is 10.6. The monoisotopic (exact) mass is 270 g/mol. The minimum atomic E-state index is -0.208. The van der Waals surface area contributed by atoms with Crippen LogP contribution in [0.4, 0.5) is 0 Å². The molecule has 0 saturated heterocycles. The number of nitrogens with one attached hydrogen (secondary N) is 1. The minimum Gasteiger partial charge on any atom is -0.496 e. The van der Waals surface area contributed by atoms with E-state index in [9.17, 15) is 4.79 Å². The Morgan fingerprint density at radius 2 is 2.33 bits per heavy atom. The Hall–Kier alpha value is -1.36. The molecule has 15 heavy (non-hydrogen) atoms. The van der Waals surface area contributed by atoms with Crippen molar-refractivity contribution in [3.63, 3.8) is 0 Å². The van der Waals surface area contributed by atoms with Gasteiger partial charge < -0.3 is 4.74 Å². The lowest BCUT2D eigenvalue weighted by Crippen LogP contribution is -2.12. The standard InChI is InChI=1S/C10H11BrN2O2/c1-7(14)13-12-6-8-5-9(11)3-4-10(8)15-2/h3-6H,1-2H3,(H,13,14)/b12-6+. The average Bonchev–Trinajstić information content (AvgIpc) is 2.17. The number of hydrazone groups is 1. The summed E-state index contributed by atoms with van der Waals surface area (Å²) in [5.41, 5.74) is 3.12. The first-order chi connectivity index (χ1) is 7.13. The first-order valence-electron chi connectivity index (χ1n) is 4.26. The van der Waals surface area contributed by atoms with Crippen LogP contribution in [0.5, 0.6) is 5.75 Å². The lowest BCUT2D eigenvalue weighted by molar-refractivity contribution is -0.118. The summed E-state index contributed by atoms with van der Waals surface area (Å²) in [5, 5.41) is 3.77. The first kappa shape index (κ1) is 11.7. The molecular formula is C10H11BrN2O2. The maximum absolute atomic E-state index is 10.6. The summed E-state index contributed by atoms with van der Waals surface area (Å²) < 4.78 is 6.06. The van der Waals surface area contributed by atoms with Crippen LogP contribution in [-0.4, -0.2) is 19.2 Å². The summed E-state index contributed by atoms with van der Waals surface area (Å²) in [6.07, 6.45) is 1.53. The van der Waals surface area contributed by atoms with Crippen LogP contribution in [0.15, 0.2) is 27.8 Å². The predicted molar refractivity (Wildman–Crippen MR) is 62.1 cm³/mol. The van der Waals surface area contributed by atoms with Crippen molar-refractivity contribution in [3.8, 4) is 5.75 Å². The van der Waals surface area contributed by atoms with Gasteiger partial charge in [0, 0.05) is 17.0 Å². The van der Waals surface area contributed by atoms with Crippen LogP contribution < -0.4 is 10.2 Å². The van der Waals surface area contributed by atoms with Gasteiger partial charge in [0.2, 0.25) is 5.91 Å². The molecule has 4 nitrogen and oxygen atoms in total. The Balaban J connectivity index is 2.87. The van der Waals surface area contributed by atoms with Crippen molar-refractivity contribution < 1.29 is 9.53 Å². The van der Waals surface area contributed by atoms with Crippen molar-refractivity contribution in [2.75, 3.05) is 7.11 Å². The topological polar surface area (TPSA) is 50.7 Å². The summed E-state index contributed by atoms with van der Waals surface area (Å²) in [6, 6.07) is 5.54. The number of rotatable bonds is 3. The van der Waals surface area contributed by atoms with Crippen molar-refractivity contribution in [3.05, 3.63) is 28.2 Å². The highest BCUT2D eigenvalue weighted by Gasteiger charge is 2.00. The normalized spacial score (nSPS) is 10.3. The molecule has 0 unspecified atom stereocenters. The van der Waals surface area contributed by atoms with Crippen molar-refractivity contribution >= 4 is 28.1 Å². The molecule has 0 bridgehead atoms. The van der Waals surface area contributed by atoms with Crippen molar-refractivity contribution in [1.82, 2.24) is 5.43 Å². The van der Waals surface area contributed by atoms with Gasteiger partial charge in [-0.3, -0.25) is 4.79 Å². The van der Waals surface area contributed by atoms with Crippen LogP contribution >= 0.6 is 15.9 Å². The molecule has 5 heteroatoms. The second-order valence-corrected chi connectivity index (χ2v) is 3.73. The third kappa shape index (κ3) is 3.71. The fraction of sp³-hybridized carbons (Fsp3) is 0.200. The van der Waals surface area contributed by atoms with Gasteiger partial charge >= 0.3 is 0 Å². The number of hydrogen-bond donors (Lipinski definition) is 1. The number of benzene rings is 1. The summed E-state index contributed by atoms with van der Waals surface area (Å²) in [6.45, 7) is 1.40. The van der Waals surface area contributed by atoms with Gasteiger partial charge in [-0.05, 0) is 18.2 Å². The van der Waals surface area contributed by atoms with E-state index in [2.05, 4.69) is 26.5 Å². The molecule has 0 fully saturated rings. The molecule has 0 spiro atoms. The summed E-state index contributed by atoms with van der Waals surface area (Å²) in [5.74, 6) is 0.493. The van der Waals surface area contributed by atoms with Gasteiger partial charge in [-0.2, -0.15) is 5.10 Å². The minimum absolute atomic E-state index is 0.208. The van der Waals surface area contributed by atoms with E-state index in [0.717, 1.165) is 10.0 Å². The van der Waals surface area contributed by atoms with Gasteiger partial charge in [-0.25, -0.2) is 5.43 Å². The molecule has 0 aliphatic rings. The Morgan fingerprint density at radius 1 is 1.60 bits per heavy atom. The molecule has 0 aromatic heterocycles. The van der Waals surface area contributed by atoms with Gasteiger partial charge in [0.25, 0.3) is 0 Å². The molecule has 0 aliphatic carbocycles. The average molecular weight is 271 g/mol. The molecule has 0 saturated carbocycles. The molecule has 0 aliphatic heterocycles. The number of amides is 1. The lowest BCUT2D eigenvalue weighted by atomic mass is 10.2. The van der Waals surface area contributed by atoms with Gasteiger partial charge in [0.05, 0.1) is 13.3 Å². The second-order valence-electron chi connectivity index (χ2n) is 2.81. The zero-order chi connectivity index (χ0) is 11.3. The fourth-order valence-electron chi connectivity index (χ4n) is 0.999. The van der Waals surface area contributed by atoms with E-state index in [-0.39, 0.29) is 5.91 Å². The van der Waals surface area contributed by atoms with E-state index in [0.29, 0.717) is 5.75 Å². The Kier molecular flexibility index (Phi) is 4.30. The third-order valence-electron chi connectivity index (χ3n) is 1.62. The molecule has 0 heterocycles. The number of carbonyl (C=O) groups is 1. The van der Waals surface area contributed by atoms with Crippen LogP contribution in [0.25, 0.3) is 0 Å². The predicted octanol–water partition coefficient (Wildman–Crippen LogP) is 1.93. The van der Waals surface area contributed by atoms with E-state index >= 15 is 0 Å². The highest BCUT2D eigenvalue weighted by atomic mass is 79.9. The number of nitrogens with zero attached hydrogens (tertiary/aromatic N) is 1. The maximum Gasteiger partial charge on any atom is 0.236 e. The second kappa shape index (κ2) is 5.50. The smallest absolute Gasteiger partial charge is 0.236 e. The van der Waals surface area contributed by atoms with Crippen molar-refractivity contribution in [2.45, 2.75) is 6.92 Å². The summed E-state index contributed by atoms with van der Waals surface area (Å²) >= 11 is 3.34. The Morgan fingerprint density at radius 3 is 2.93 bits per heavy atom. The van der Waals surface area contributed by atoms with Gasteiger partial charge in [-0.15, -0.1) is 0 Å². The van der Waals surface area contributed by atoms with E-state index in [1.165, 1.54) is 13.1 Å². The van der Waals surface area contributed by atoms with Crippen LogP contribution in [0.1, 0.15) is 12.5 Å². The van der Waals surface area contributed by atoms with Crippen LogP contribution in [-0.2, 0) is 4.79 Å². The molecule has 1 rings (SSSR count). The van der Waals surface area contributed by atoms with Gasteiger partial charge in [0.15, 0.2) is 0 Å². The number of hydrogen-bond acceptors (Lipinski definition) is 3. The molecular weight excluding hydrogens is 260 g/mol. The van der Waals surface area contributed by atoms with E-state index < -0.39 is 0 Å². The summed E-state index contributed by atoms with van der Waals surface area (Å²) in [4.78, 5) is 10.6. The molecule has 1 aromatic carbocycles. The zero-order valence-corrected chi connectivity index (χ0v) is 10.0. The van der Waals surface area contributed by atoms with Crippen LogP contribution in [0.3, 0.4) is 0 Å². The van der Waals surface area contributed by atoms with Gasteiger partial charge in [-0.1, -0.05) is 15.9 Å². The quantitative estimate of drug-likeness (QED) is 0.674. The van der Waals surface area contributed by atoms with E-state index in [1.807, 2.05) is 18.2 Å². The van der Waals surface area contributed by atoms with Crippen molar-refractivity contribution in [2.24, 2.45) is 5.10 Å². The highest BCUT2D eigenvalue weighted by molar-refractivity contribution is 9.10. The molecule has 80 valence electrons. The lowest BCUT2D eigenvalue weighted by Gasteiger charge is -2.04. The molecule has 0 atom stereocenters. The van der Waals surface area contributed by atoms with Crippen molar-refractivity contribution in [1.29, 1.82) is 0 Å². The molecule has 1 amide bonds. The third-order valence-corrected chi connectivity index (χ3v) is 2.11. The number of halogens is 1. The number of ether oxygens (including phenoxy) is 1. The summed E-state index contributed by atoms with van der Waals surface area (Å²) in [7, 11) is 1.58. The van der Waals surface area contributed by atoms with E-state index in [1.54, 1.807) is 7.11 Å². The molecule has 1 N–H and O–H groups in total. The first-order valence-corrected chi connectivity index (χ1v) is 5.06. The fourth-order valence-corrected chi connectivity index (χ4v) is 1.38. The zero-order valence-electron chi connectivity index (χ0n) is 8.45. The van der Waals surface area contributed by atoms with Gasteiger partial charge in [0.1, 0.15) is 5.75 Å². The van der Waals surface area contributed by atoms with Crippen LogP contribution in [0, 0.1) is 0 Å². The highest BCUT2D eigenvalue weighted by Crippen LogP contribution is 2.21. The van der Waals surface area contributed by atoms with E-state index in [4.69, 9.17) is 4.74 Å².